The van der Waals surface area contributed by atoms with Gasteiger partial charge in [-0.2, -0.15) is 13.2 Å². The summed E-state index contributed by atoms with van der Waals surface area (Å²) in [4.78, 5) is 23.4. The molecule has 27 heavy (non-hydrogen) atoms. The Labute approximate surface area is 152 Å². The van der Waals surface area contributed by atoms with Gasteiger partial charge >= 0.3 is 6.18 Å². The van der Waals surface area contributed by atoms with E-state index in [0.29, 0.717) is 5.69 Å². The number of hydrogen-bond acceptors (Lipinski definition) is 4. The molecule has 11 heteroatoms. The summed E-state index contributed by atoms with van der Waals surface area (Å²) in [5, 5.41) is 0. The number of halogens is 3. The van der Waals surface area contributed by atoms with Crippen molar-refractivity contribution in [3.8, 4) is 0 Å². The van der Waals surface area contributed by atoms with Crippen LogP contribution < -0.4 is 16.0 Å². The lowest BCUT2D eigenvalue weighted by molar-refractivity contribution is -0.137. The second-order valence-electron chi connectivity index (χ2n) is 5.81. The fourth-order valence-corrected chi connectivity index (χ4v) is 3.54. The highest BCUT2D eigenvalue weighted by Crippen LogP contribution is 2.29. The van der Waals surface area contributed by atoms with Gasteiger partial charge in [-0.3, -0.25) is 14.3 Å². The summed E-state index contributed by atoms with van der Waals surface area (Å²) in [6, 6.07) is 6.49. The van der Waals surface area contributed by atoms with Crippen LogP contribution in [0, 0.1) is 6.92 Å². The number of carbonyl (C=O) groups is 1. The van der Waals surface area contributed by atoms with Crippen LogP contribution in [0.3, 0.4) is 0 Å². The summed E-state index contributed by atoms with van der Waals surface area (Å²) in [5.74, 6) is -1.55. The minimum atomic E-state index is -4.60. The van der Waals surface area contributed by atoms with Gasteiger partial charge in [0.25, 0.3) is 5.56 Å². The number of alkyl halides is 3. The summed E-state index contributed by atoms with van der Waals surface area (Å²) < 4.78 is 65.8. The number of sulfonamides is 1. The summed E-state index contributed by atoms with van der Waals surface area (Å²) in [5.41, 5.74) is 3.25. The number of aryl methyl sites for hydroxylation is 1. The molecule has 0 saturated heterocycles. The van der Waals surface area contributed by atoms with Gasteiger partial charge in [-0.05, 0) is 30.7 Å². The smallest absolute Gasteiger partial charge is 0.368 e. The average molecular weight is 403 g/mol. The Bertz CT molecular complexity index is 1030. The molecule has 0 fully saturated rings. The van der Waals surface area contributed by atoms with Crippen molar-refractivity contribution in [2.24, 2.45) is 5.73 Å². The zero-order valence-corrected chi connectivity index (χ0v) is 14.9. The van der Waals surface area contributed by atoms with Crippen LogP contribution in [-0.2, 0) is 33.3 Å². The van der Waals surface area contributed by atoms with E-state index < -0.39 is 45.5 Å². The SMILES string of the molecule is Cc1ccc(NS(=O)(=O)Cc2cccc(C(F)(F)F)c2)c(=O)n1CC(N)=O. The average Bonchev–Trinajstić information content (AvgIpc) is 2.53. The molecule has 0 aliphatic carbocycles. The Balaban J connectivity index is 2.30. The van der Waals surface area contributed by atoms with Crippen molar-refractivity contribution in [3.63, 3.8) is 0 Å². The largest absolute Gasteiger partial charge is 0.416 e. The van der Waals surface area contributed by atoms with Crippen molar-refractivity contribution < 1.29 is 26.4 Å². The van der Waals surface area contributed by atoms with Gasteiger partial charge in [0.15, 0.2) is 0 Å². The van der Waals surface area contributed by atoms with E-state index in [1.807, 2.05) is 4.72 Å². The number of aromatic nitrogens is 1. The molecule has 1 aromatic heterocycles. The van der Waals surface area contributed by atoms with Gasteiger partial charge in [0.2, 0.25) is 15.9 Å². The van der Waals surface area contributed by atoms with Gasteiger partial charge in [-0.25, -0.2) is 8.42 Å². The third kappa shape index (κ3) is 5.33. The molecule has 2 aromatic rings. The summed E-state index contributed by atoms with van der Waals surface area (Å²) in [7, 11) is -4.18. The summed E-state index contributed by atoms with van der Waals surface area (Å²) in [6.07, 6.45) is -4.60. The molecule has 0 atom stereocenters. The van der Waals surface area contributed by atoms with E-state index in [1.165, 1.54) is 25.1 Å². The minimum Gasteiger partial charge on any atom is -0.368 e. The quantitative estimate of drug-likeness (QED) is 0.763. The molecule has 146 valence electrons. The van der Waals surface area contributed by atoms with Gasteiger partial charge in [0, 0.05) is 5.69 Å². The molecule has 0 aliphatic rings. The van der Waals surface area contributed by atoms with E-state index in [4.69, 9.17) is 5.73 Å². The number of nitrogens with two attached hydrogens (primary N) is 1. The van der Waals surface area contributed by atoms with E-state index >= 15 is 0 Å². The summed E-state index contributed by atoms with van der Waals surface area (Å²) >= 11 is 0. The maximum atomic E-state index is 12.7. The Morgan fingerprint density at radius 2 is 1.89 bits per heavy atom. The van der Waals surface area contributed by atoms with Crippen molar-refractivity contribution in [2.75, 3.05) is 4.72 Å². The molecule has 1 heterocycles. The van der Waals surface area contributed by atoms with Gasteiger partial charge in [-0.15, -0.1) is 0 Å². The zero-order valence-electron chi connectivity index (χ0n) is 14.1. The van der Waals surface area contributed by atoms with E-state index in [1.54, 1.807) is 0 Å². The van der Waals surface area contributed by atoms with E-state index in [9.17, 15) is 31.2 Å². The highest BCUT2D eigenvalue weighted by molar-refractivity contribution is 7.91. The first-order chi connectivity index (χ1) is 12.4. The Morgan fingerprint density at radius 3 is 2.48 bits per heavy atom. The van der Waals surface area contributed by atoms with Crippen molar-refractivity contribution in [2.45, 2.75) is 25.4 Å². The first-order valence-electron chi connectivity index (χ1n) is 7.54. The molecule has 1 amide bonds. The third-order valence-electron chi connectivity index (χ3n) is 3.58. The van der Waals surface area contributed by atoms with Crippen LogP contribution in [0.25, 0.3) is 0 Å². The molecule has 0 saturated carbocycles. The Hall–Kier alpha value is -2.82. The number of rotatable bonds is 6. The number of amides is 1. The van der Waals surface area contributed by atoms with E-state index in [0.717, 1.165) is 22.8 Å². The van der Waals surface area contributed by atoms with Crippen LogP contribution >= 0.6 is 0 Å². The molecule has 0 radical (unpaired) electrons. The van der Waals surface area contributed by atoms with Crippen LogP contribution in [0.1, 0.15) is 16.8 Å². The topological polar surface area (TPSA) is 111 Å². The van der Waals surface area contributed by atoms with E-state index in [-0.39, 0.29) is 11.3 Å². The van der Waals surface area contributed by atoms with Gasteiger partial charge in [-0.1, -0.05) is 18.2 Å². The van der Waals surface area contributed by atoms with Crippen LogP contribution in [0.2, 0.25) is 0 Å². The molecule has 7 nitrogen and oxygen atoms in total. The fraction of sp³-hybridized carbons (Fsp3) is 0.250. The molecule has 0 spiro atoms. The van der Waals surface area contributed by atoms with Crippen molar-refractivity contribution in [1.82, 2.24) is 4.57 Å². The van der Waals surface area contributed by atoms with Gasteiger partial charge < -0.3 is 10.3 Å². The van der Waals surface area contributed by atoms with E-state index in [2.05, 4.69) is 0 Å². The van der Waals surface area contributed by atoms with Gasteiger partial charge in [0.1, 0.15) is 12.2 Å². The molecule has 0 bridgehead atoms. The van der Waals surface area contributed by atoms with Crippen LogP contribution in [0.15, 0.2) is 41.2 Å². The second-order valence-corrected chi connectivity index (χ2v) is 7.53. The molecule has 2 rings (SSSR count). The first-order valence-corrected chi connectivity index (χ1v) is 9.19. The predicted octanol–water partition coefficient (Wildman–Crippen LogP) is 1.60. The molecule has 3 N–H and O–H groups in total. The highest BCUT2D eigenvalue weighted by atomic mass is 32.2. The van der Waals surface area contributed by atoms with Crippen molar-refractivity contribution in [1.29, 1.82) is 0 Å². The standard InChI is InChI=1S/C16H16F3N3O4S/c1-10-5-6-13(15(24)22(10)8-14(20)23)21-27(25,26)9-11-3-2-4-12(7-11)16(17,18)19/h2-7,21H,8-9H2,1H3,(H2,20,23). The number of nitrogens with zero attached hydrogens (tertiary/aromatic N) is 1. The Morgan fingerprint density at radius 1 is 1.22 bits per heavy atom. The maximum Gasteiger partial charge on any atom is 0.416 e. The highest BCUT2D eigenvalue weighted by Gasteiger charge is 2.30. The lowest BCUT2D eigenvalue weighted by Gasteiger charge is -2.13. The second kappa shape index (κ2) is 7.43. The van der Waals surface area contributed by atoms with Crippen molar-refractivity contribution in [3.05, 3.63) is 63.6 Å². The number of nitrogens with one attached hydrogen (secondary N) is 1. The lowest BCUT2D eigenvalue weighted by atomic mass is 10.1. The maximum absolute atomic E-state index is 12.7. The summed E-state index contributed by atoms with van der Waals surface area (Å²) in [6.45, 7) is 1.10. The number of hydrogen-bond donors (Lipinski definition) is 2. The molecular formula is C16H16F3N3O4S. The number of pyridine rings is 1. The van der Waals surface area contributed by atoms with Crippen LogP contribution in [0.4, 0.5) is 18.9 Å². The molecule has 1 aromatic carbocycles. The Kier molecular flexibility index (Phi) is 5.64. The lowest BCUT2D eigenvalue weighted by Crippen LogP contribution is -2.32. The van der Waals surface area contributed by atoms with Gasteiger partial charge in [0.05, 0.1) is 11.3 Å². The number of carbonyl (C=O) groups excluding carboxylic acids is 1. The normalized spacial score (nSPS) is 12.0. The number of benzene rings is 1. The first kappa shape index (κ1) is 20.5. The number of anilines is 1. The predicted molar refractivity (Wildman–Crippen MR) is 92.3 cm³/mol. The number of primary amides is 1. The fourth-order valence-electron chi connectivity index (χ4n) is 2.36. The molecule has 0 aliphatic heterocycles. The van der Waals surface area contributed by atoms with Crippen molar-refractivity contribution >= 4 is 21.6 Å². The van der Waals surface area contributed by atoms with Crippen LogP contribution in [-0.4, -0.2) is 18.9 Å². The monoisotopic (exact) mass is 403 g/mol. The zero-order chi connectivity index (χ0) is 20.4. The molecular weight excluding hydrogens is 387 g/mol. The third-order valence-corrected chi connectivity index (χ3v) is 4.83. The molecule has 0 unspecified atom stereocenters. The minimum absolute atomic E-state index is 0.0955. The van der Waals surface area contributed by atoms with Crippen LogP contribution in [0.5, 0.6) is 0 Å².